The molecule has 0 fully saturated rings. The van der Waals surface area contributed by atoms with Crippen molar-refractivity contribution in [2.24, 2.45) is 0 Å². The minimum Gasteiger partial charge on any atom is -0.495 e. The van der Waals surface area contributed by atoms with Gasteiger partial charge in [0.15, 0.2) is 0 Å². The second kappa shape index (κ2) is 7.73. The zero-order valence-corrected chi connectivity index (χ0v) is 13.3. The highest BCUT2D eigenvalue weighted by atomic mass is 35.5. The van der Waals surface area contributed by atoms with Gasteiger partial charge in [-0.15, -0.1) is 0 Å². The molecule has 2 rings (SSSR count). The third kappa shape index (κ3) is 4.41. The first-order valence-electron chi connectivity index (χ1n) is 6.42. The van der Waals surface area contributed by atoms with Crippen LogP contribution in [0.5, 0.6) is 5.75 Å². The fraction of sp³-hybridized carbons (Fsp3) is 0.0625. The standard InChI is InChI=1S/C16H14Cl2N2O2/c1-22-15-7-6-12(10-14(15)18)20-16(21)19-9-8-11-4-2-3-5-13(11)17/h2-10H,1H3,(H2,19,20,21)/b9-8+. The third-order valence-electron chi connectivity index (χ3n) is 2.79. The van der Waals surface area contributed by atoms with Crippen molar-refractivity contribution in [2.45, 2.75) is 0 Å². The largest absolute Gasteiger partial charge is 0.495 e. The maximum Gasteiger partial charge on any atom is 0.323 e. The van der Waals surface area contributed by atoms with Crippen molar-refractivity contribution in [2.75, 3.05) is 12.4 Å². The van der Waals surface area contributed by atoms with Crippen LogP contribution < -0.4 is 15.4 Å². The van der Waals surface area contributed by atoms with Crippen molar-refractivity contribution in [3.8, 4) is 5.75 Å². The summed E-state index contributed by atoms with van der Waals surface area (Å²) in [6, 6.07) is 11.9. The number of carbonyl (C=O) groups is 1. The lowest BCUT2D eigenvalue weighted by Gasteiger charge is -2.07. The summed E-state index contributed by atoms with van der Waals surface area (Å²) in [7, 11) is 1.53. The van der Waals surface area contributed by atoms with E-state index >= 15 is 0 Å². The lowest BCUT2D eigenvalue weighted by atomic mass is 10.2. The zero-order chi connectivity index (χ0) is 15.9. The van der Waals surface area contributed by atoms with E-state index in [0.717, 1.165) is 5.56 Å². The summed E-state index contributed by atoms with van der Waals surface area (Å²) in [5, 5.41) is 6.29. The second-order valence-electron chi connectivity index (χ2n) is 4.30. The Morgan fingerprint density at radius 2 is 1.91 bits per heavy atom. The van der Waals surface area contributed by atoms with E-state index in [1.54, 1.807) is 30.3 Å². The smallest absolute Gasteiger partial charge is 0.323 e. The molecule has 0 aromatic heterocycles. The van der Waals surface area contributed by atoms with Crippen LogP contribution in [0.4, 0.5) is 10.5 Å². The summed E-state index contributed by atoms with van der Waals surface area (Å²) >= 11 is 12.0. The molecule has 22 heavy (non-hydrogen) atoms. The summed E-state index contributed by atoms with van der Waals surface area (Å²) in [6.07, 6.45) is 3.23. The molecule has 0 saturated carbocycles. The minimum atomic E-state index is -0.385. The molecule has 0 bridgehead atoms. The van der Waals surface area contributed by atoms with Crippen molar-refractivity contribution < 1.29 is 9.53 Å². The Morgan fingerprint density at radius 3 is 2.59 bits per heavy atom. The number of ether oxygens (including phenoxy) is 1. The van der Waals surface area contributed by atoms with Crippen LogP contribution in [-0.2, 0) is 0 Å². The van der Waals surface area contributed by atoms with Crippen molar-refractivity contribution >= 4 is 41.0 Å². The molecule has 0 aliphatic carbocycles. The number of amides is 2. The summed E-state index contributed by atoms with van der Waals surface area (Å²) in [5.41, 5.74) is 1.38. The van der Waals surface area contributed by atoms with Crippen molar-refractivity contribution in [1.82, 2.24) is 5.32 Å². The third-order valence-corrected chi connectivity index (χ3v) is 3.43. The molecule has 0 aliphatic heterocycles. The first-order chi connectivity index (χ1) is 10.6. The molecule has 4 nitrogen and oxygen atoms in total. The number of anilines is 1. The molecule has 0 saturated heterocycles. The number of rotatable bonds is 4. The molecule has 2 amide bonds. The molecule has 6 heteroatoms. The average Bonchev–Trinajstić information content (AvgIpc) is 2.49. The van der Waals surface area contributed by atoms with Crippen LogP contribution in [0.15, 0.2) is 48.7 Å². The van der Waals surface area contributed by atoms with E-state index in [1.165, 1.54) is 13.3 Å². The Bertz CT molecular complexity index is 702. The van der Waals surface area contributed by atoms with Crippen LogP contribution in [0.25, 0.3) is 6.08 Å². The van der Waals surface area contributed by atoms with E-state index in [4.69, 9.17) is 27.9 Å². The van der Waals surface area contributed by atoms with Crippen molar-refractivity contribution in [3.05, 3.63) is 64.3 Å². The predicted molar refractivity (Wildman–Crippen MR) is 90.6 cm³/mol. The second-order valence-corrected chi connectivity index (χ2v) is 5.12. The Hall–Kier alpha value is -2.17. The fourth-order valence-electron chi connectivity index (χ4n) is 1.73. The van der Waals surface area contributed by atoms with E-state index in [0.29, 0.717) is 21.5 Å². The quantitative estimate of drug-likeness (QED) is 0.842. The van der Waals surface area contributed by atoms with Gasteiger partial charge in [-0.3, -0.25) is 0 Å². The molecule has 0 atom stereocenters. The average molecular weight is 337 g/mol. The van der Waals surface area contributed by atoms with E-state index < -0.39 is 0 Å². The normalized spacial score (nSPS) is 10.5. The topological polar surface area (TPSA) is 50.4 Å². The number of methoxy groups -OCH3 is 1. The van der Waals surface area contributed by atoms with Gasteiger partial charge in [-0.25, -0.2) is 4.79 Å². The number of hydrogen-bond acceptors (Lipinski definition) is 2. The van der Waals surface area contributed by atoms with Crippen LogP contribution in [0, 0.1) is 0 Å². The number of urea groups is 1. The van der Waals surface area contributed by atoms with Gasteiger partial charge in [0, 0.05) is 16.9 Å². The number of benzene rings is 2. The van der Waals surface area contributed by atoms with E-state index in [2.05, 4.69) is 10.6 Å². The van der Waals surface area contributed by atoms with Crippen LogP contribution in [0.2, 0.25) is 10.0 Å². The molecule has 2 N–H and O–H groups in total. The predicted octanol–water partition coefficient (Wildman–Crippen LogP) is 4.79. The first-order valence-corrected chi connectivity index (χ1v) is 7.18. The van der Waals surface area contributed by atoms with Crippen LogP contribution in [0.3, 0.4) is 0 Å². The van der Waals surface area contributed by atoms with E-state index in [-0.39, 0.29) is 6.03 Å². The Labute approximate surface area is 138 Å². The number of hydrogen-bond donors (Lipinski definition) is 2. The van der Waals surface area contributed by atoms with Crippen LogP contribution in [-0.4, -0.2) is 13.1 Å². The molecular weight excluding hydrogens is 323 g/mol. The Morgan fingerprint density at radius 1 is 1.14 bits per heavy atom. The van der Waals surface area contributed by atoms with Crippen molar-refractivity contribution in [1.29, 1.82) is 0 Å². The molecule has 114 valence electrons. The van der Waals surface area contributed by atoms with Gasteiger partial charge in [0.2, 0.25) is 0 Å². The van der Waals surface area contributed by atoms with Gasteiger partial charge in [0.25, 0.3) is 0 Å². The Kier molecular flexibility index (Phi) is 5.69. The lowest BCUT2D eigenvalue weighted by molar-refractivity contribution is 0.255. The van der Waals surface area contributed by atoms with Gasteiger partial charge in [0.05, 0.1) is 12.1 Å². The molecule has 2 aromatic carbocycles. The van der Waals surface area contributed by atoms with Gasteiger partial charge in [-0.05, 0) is 35.9 Å². The summed E-state index contributed by atoms with van der Waals surface area (Å²) in [5.74, 6) is 0.547. The summed E-state index contributed by atoms with van der Waals surface area (Å²) in [4.78, 5) is 11.8. The van der Waals surface area contributed by atoms with Crippen LogP contribution >= 0.6 is 23.2 Å². The van der Waals surface area contributed by atoms with E-state index in [1.807, 2.05) is 18.2 Å². The summed E-state index contributed by atoms with van der Waals surface area (Å²) in [6.45, 7) is 0. The SMILES string of the molecule is COc1ccc(NC(=O)N/C=C/c2ccccc2Cl)cc1Cl. The van der Waals surface area contributed by atoms with Gasteiger partial charge >= 0.3 is 6.03 Å². The molecule has 2 aromatic rings. The molecule has 0 unspecified atom stereocenters. The molecule has 0 aliphatic rings. The van der Waals surface area contributed by atoms with Crippen molar-refractivity contribution in [3.63, 3.8) is 0 Å². The maximum atomic E-state index is 11.8. The maximum absolute atomic E-state index is 11.8. The summed E-state index contributed by atoms with van der Waals surface area (Å²) < 4.78 is 5.05. The molecule has 0 spiro atoms. The zero-order valence-electron chi connectivity index (χ0n) is 11.8. The fourth-order valence-corrected chi connectivity index (χ4v) is 2.19. The number of halogens is 2. The molecule has 0 heterocycles. The number of nitrogens with one attached hydrogen (secondary N) is 2. The highest BCUT2D eigenvalue weighted by Crippen LogP contribution is 2.27. The molecule has 0 radical (unpaired) electrons. The van der Waals surface area contributed by atoms with E-state index in [9.17, 15) is 4.79 Å². The van der Waals surface area contributed by atoms with Gasteiger partial charge in [0.1, 0.15) is 5.75 Å². The minimum absolute atomic E-state index is 0.385. The molecular formula is C16H14Cl2N2O2. The lowest BCUT2D eigenvalue weighted by Crippen LogP contribution is -2.23. The highest BCUT2D eigenvalue weighted by Gasteiger charge is 2.04. The Balaban J connectivity index is 1.93. The van der Waals surface area contributed by atoms with Crippen LogP contribution in [0.1, 0.15) is 5.56 Å². The highest BCUT2D eigenvalue weighted by molar-refractivity contribution is 6.32. The monoisotopic (exact) mass is 336 g/mol. The van der Waals surface area contributed by atoms with Gasteiger partial charge in [-0.2, -0.15) is 0 Å². The van der Waals surface area contributed by atoms with Gasteiger partial charge in [-0.1, -0.05) is 41.4 Å². The number of carbonyl (C=O) groups excluding carboxylic acids is 1. The first kappa shape index (κ1) is 16.2. The van der Waals surface area contributed by atoms with Gasteiger partial charge < -0.3 is 15.4 Å².